The van der Waals surface area contributed by atoms with E-state index in [0.717, 1.165) is 56.4 Å². The first-order valence-electron chi connectivity index (χ1n) is 12.3. The number of aliphatic imine (C=N–C) groups is 2. The predicted octanol–water partition coefficient (Wildman–Crippen LogP) is 10.1. The van der Waals surface area contributed by atoms with Crippen LogP contribution in [0, 0.1) is 0 Å². The summed E-state index contributed by atoms with van der Waals surface area (Å²) in [6.45, 7) is 4.01. The van der Waals surface area contributed by atoms with Gasteiger partial charge in [-0.3, -0.25) is 9.98 Å². The zero-order valence-corrected chi connectivity index (χ0v) is 24.2. The van der Waals surface area contributed by atoms with Gasteiger partial charge in [0.1, 0.15) is 0 Å². The van der Waals surface area contributed by atoms with Gasteiger partial charge in [0, 0.05) is 11.1 Å². The second kappa shape index (κ2) is 14.6. The minimum atomic E-state index is 0.194. The molecule has 0 aliphatic carbocycles. The molecule has 5 aromatic rings. The maximum atomic E-state index is 4.96. The molecule has 0 saturated heterocycles. The fraction of sp³-hybridized carbons (Fsp3) is 0.0606. The van der Waals surface area contributed by atoms with Crippen LogP contribution in [0.4, 0.5) is 11.4 Å². The second-order valence-electron chi connectivity index (χ2n) is 8.62. The van der Waals surface area contributed by atoms with Crippen molar-refractivity contribution in [2.24, 2.45) is 9.98 Å². The fourth-order valence-corrected chi connectivity index (χ4v) is 4.18. The van der Waals surface area contributed by atoms with Gasteiger partial charge in [0.2, 0.25) is 0 Å². The van der Waals surface area contributed by atoms with Crippen LogP contribution in [0.1, 0.15) is 25.2 Å². The van der Waals surface area contributed by atoms with Gasteiger partial charge in [0.15, 0.2) is 0 Å². The fourth-order valence-electron chi connectivity index (χ4n) is 4.18. The number of hydrogen-bond donors (Lipinski definition) is 0. The Hall–Kier alpha value is -3.53. The third kappa shape index (κ3) is 7.75. The van der Waals surface area contributed by atoms with Crippen LogP contribution in [-0.2, 0) is 13.1 Å². The molecule has 0 unspecified atom stereocenters. The van der Waals surface area contributed by atoms with Crippen molar-refractivity contribution in [2.75, 3.05) is 0 Å². The summed E-state index contributed by atoms with van der Waals surface area (Å²) in [7, 11) is 9.53. The van der Waals surface area contributed by atoms with Crippen molar-refractivity contribution in [3.8, 4) is 22.3 Å². The quantitative estimate of drug-likeness (QED) is 0.143. The molecule has 0 amide bonds. The van der Waals surface area contributed by atoms with Crippen molar-refractivity contribution in [3.63, 3.8) is 0 Å². The Morgan fingerprint density at radius 3 is 1.28 bits per heavy atom. The Bertz CT molecular complexity index is 1450. The van der Waals surface area contributed by atoms with Gasteiger partial charge < -0.3 is 0 Å². The number of para-hydroxylation sites is 2. The van der Waals surface area contributed by atoms with Crippen molar-refractivity contribution in [2.45, 2.75) is 13.8 Å². The molecule has 0 aliphatic rings. The number of aromatic nitrogens is 1. The average Bonchev–Trinajstić information content (AvgIpc) is 2.99. The first kappa shape index (κ1) is 28.5. The van der Waals surface area contributed by atoms with Crippen LogP contribution in [0.2, 0.25) is 0 Å². The van der Waals surface area contributed by atoms with E-state index in [2.05, 4.69) is 36.4 Å². The molecule has 0 aliphatic heterocycles. The summed E-state index contributed by atoms with van der Waals surface area (Å²) in [4.78, 5) is 14.8. The molecule has 4 aromatic carbocycles. The van der Waals surface area contributed by atoms with Gasteiger partial charge >= 0.3 is 33.3 Å². The van der Waals surface area contributed by atoms with Crippen LogP contribution in [-0.4, -0.2) is 16.4 Å². The third-order valence-corrected chi connectivity index (χ3v) is 6.04. The van der Waals surface area contributed by atoms with Crippen LogP contribution < -0.4 is 0 Å². The summed E-state index contributed by atoms with van der Waals surface area (Å²) >= 11 is 0.194. The van der Waals surface area contributed by atoms with E-state index in [9.17, 15) is 0 Å². The molecule has 3 nitrogen and oxygen atoms in total. The number of pyridine rings is 1. The van der Waals surface area contributed by atoms with E-state index in [1.165, 1.54) is 0 Å². The monoisotopic (exact) mass is 591 g/mol. The molecule has 0 saturated carbocycles. The van der Waals surface area contributed by atoms with E-state index in [0.29, 0.717) is 0 Å². The van der Waals surface area contributed by atoms with Gasteiger partial charge in [-0.25, -0.2) is 4.98 Å². The van der Waals surface area contributed by atoms with Crippen LogP contribution in [0.3, 0.4) is 0 Å². The van der Waals surface area contributed by atoms with E-state index in [4.69, 9.17) is 35.2 Å². The van der Waals surface area contributed by atoms with Gasteiger partial charge in [-0.05, 0) is 49.2 Å². The number of benzene rings is 4. The Labute approximate surface area is 244 Å². The first-order chi connectivity index (χ1) is 19.1. The van der Waals surface area contributed by atoms with E-state index in [-0.39, 0.29) is 13.1 Å². The maximum absolute atomic E-state index is 4.96. The molecule has 0 N–H and O–H groups in total. The summed E-state index contributed by atoms with van der Waals surface area (Å²) in [6, 6.07) is 43.1. The van der Waals surface area contributed by atoms with Crippen LogP contribution >= 0.6 is 20.2 Å². The zero-order chi connectivity index (χ0) is 27.5. The molecule has 39 heavy (non-hydrogen) atoms. The molecule has 0 spiro atoms. The summed E-state index contributed by atoms with van der Waals surface area (Å²) in [5, 5.41) is 0. The summed E-state index contributed by atoms with van der Waals surface area (Å²) in [6.07, 6.45) is 0. The summed E-state index contributed by atoms with van der Waals surface area (Å²) < 4.78 is 0. The normalized spacial score (nSPS) is 11.6. The molecule has 0 bridgehead atoms. The van der Waals surface area contributed by atoms with E-state index in [1.54, 1.807) is 0 Å². The molecule has 6 heteroatoms. The molecule has 1 aromatic heterocycles. The van der Waals surface area contributed by atoms with Crippen LogP contribution in [0.15, 0.2) is 137 Å². The Kier molecular flexibility index (Phi) is 10.6. The topological polar surface area (TPSA) is 37.6 Å². The molecule has 1 heterocycles. The molecular weight excluding hydrogens is 565 g/mol. The first-order valence-corrected chi connectivity index (χ1v) is 15.4. The standard InChI is InChI=1S/C33H27N3.2ClH.Fe/c1-24(34-32-20-11-9-18-28(32)26-14-5-3-6-15-26)30-22-13-23-31(36-30)25(2)35-33-21-12-10-19-29(33)27-16-7-4-8-17-27;;;/h3-23H,1-2H3;2*1H;/q;;;+2/p-2. The molecule has 0 atom stereocenters. The number of halogens is 2. The Morgan fingerprint density at radius 2 is 0.872 bits per heavy atom. The molecule has 0 radical (unpaired) electrons. The van der Waals surface area contributed by atoms with Crippen molar-refractivity contribution in [3.05, 3.63) is 139 Å². The number of rotatable bonds is 6. The van der Waals surface area contributed by atoms with E-state index < -0.39 is 0 Å². The second-order valence-corrected chi connectivity index (χ2v) is 10.4. The Balaban J connectivity index is 0.00000112. The van der Waals surface area contributed by atoms with Gasteiger partial charge in [-0.15, -0.1) is 0 Å². The van der Waals surface area contributed by atoms with Gasteiger partial charge in [-0.2, -0.15) is 0 Å². The Morgan fingerprint density at radius 1 is 0.513 bits per heavy atom. The van der Waals surface area contributed by atoms with Gasteiger partial charge in [0.05, 0.1) is 34.2 Å². The van der Waals surface area contributed by atoms with Crippen molar-refractivity contribution < 1.29 is 13.1 Å². The molecule has 5 rings (SSSR count). The minimum absolute atomic E-state index is 0.194. The van der Waals surface area contributed by atoms with Crippen molar-refractivity contribution >= 4 is 43.0 Å². The number of hydrogen-bond acceptors (Lipinski definition) is 3. The van der Waals surface area contributed by atoms with Gasteiger partial charge in [0.25, 0.3) is 0 Å². The summed E-state index contributed by atoms with van der Waals surface area (Å²) in [5.41, 5.74) is 9.73. The molecule has 196 valence electrons. The zero-order valence-electron chi connectivity index (χ0n) is 21.6. The van der Waals surface area contributed by atoms with E-state index >= 15 is 0 Å². The molecular formula is C33H27Cl2FeN3. The predicted molar refractivity (Wildman–Crippen MR) is 163 cm³/mol. The van der Waals surface area contributed by atoms with E-state index in [1.807, 2.05) is 105 Å². The summed E-state index contributed by atoms with van der Waals surface area (Å²) in [5.74, 6) is 0. The SMILES string of the molecule is CC(=Nc1ccccc1-c1ccccc1)c1cccc(C(C)=Nc2ccccc2-c2ccccc2)n1.[Cl][Fe][Cl]. The van der Waals surface area contributed by atoms with Crippen LogP contribution in [0.25, 0.3) is 22.3 Å². The van der Waals surface area contributed by atoms with Crippen molar-refractivity contribution in [1.82, 2.24) is 4.98 Å². The average molecular weight is 592 g/mol. The number of nitrogens with zero attached hydrogens (tertiary/aromatic N) is 3. The third-order valence-electron chi connectivity index (χ3n) is 6.04. The molecule has 0 fully saturated rings. The van der Waals surface area contributed by atoms with Crippen LogP contribution in [0.5, 0.6) is 0 Å². The van der Waals surface area contributed by atoms with Crippen molar-refractivity contribution in [1.29, 1.82) is 0 Å². The van der Waals surface area contributed by atoms with Gasteiger partial charge in [-0.1, -0.05) is 103 Å².